The van der Waals surface area contributed by atoms with Gasteiger partial charge < -0.3 is 14.5 Å². The minimum Gasteiger partial charge on any atom is -0.377 e. The molecule has 3 aliphatic heterocycles. The standard InChI is InChI=1S/C19H31N5O/c1-2-15-25-18(4-1)16-22-9-5-17(6-10-22)23-11-13-24(14-12-23)19-20-7-3-8-21-19/h3,7-8,17-18H,1-2,4-6,9-16H2/t18-/m0/s1. The number of piperidine rings is 1. The molecule has 4 rings (SSSR count). The first-order chi connectivity index (χ1) is 12.4. The average molecular weight is 345 g/mol. The molecule has 0 radical (unpaired) electrons. The molecule has 6 nitrogen and oxygen atoms in total. The third kappa shape index (κ3) is 4.49. The molecule has 4 heterocycles. The van der Waals surface area contributed by atoms with Gasteiger partial charge in [0, 0.05) is 57.8 Å². The highest BCUT2D eigenvalue weighted by molar-refractivity contribution is 5.29. The summed E-state index contributed by atoms with van der Waals surface area (Å²) < 4.78 is 5.91. The summed E-state index contributed by atoms with van der Waals surface area (Å²) in [5.74, 6) is 0.879. The highest BCUT2D eigenvalue weighted by Gasteiger charge is 2.29. The Morgan fingerprint density at radius 2 is 1.68 bits per heavy atom. The van der Waals surface area contributed by atoms with Gasteiger partial charge in [-0.2, -0.15) is 0 Å². The molecule has 3 fully saturated rings. The Balaban J connectivity index is 1.20. The SMILES string of the molecule is c1cnc(N2CCN(C3CCN(C[C@@H]4CCCCO4)CC3)CC2)nc1. The summed E-state index contributed by atoms with van der Waals surface area (Å²) in [6.07, 6.45) is 10.6. The molecule has 0 N–H and O–H groups in total. The summed E-state index contributed by atoms with van der Waals surface area (Å²) in [5, 5.41) is 0. The second-order valence-electron chi connectivity index (χ2n) is 7.59. The van der Waals surface area contributed by atoms with Crippen LogP contribution in [0.2, 0.25) is 0 Å². The van der Waals surface area contributed by atoms with E-state index >= 15 is 0 Å². The maximum Gasteiger partial charge on any atom is 0.225 e. The van der Waals surface area contributed by atoms with Crippen molar-refractivity contribution in [3.05, 3.63) is 18.5 Å². The molecule has 0 bridgehead atoms. The van der Waals surface area contributed by atoms with Gasteiger partial charge in [0.15, 0.2) is 0 Å². The van der Waals surface area contributed by atoms with Gasteiger partial charge in [-0.25, -0.2) is 9.97 Å². The predicted octanol–water partition coefficient (Wildman–Crippen LogP) is 1.63. The summed E-state index contributed by atoms with van der Waals surface area (Å²) in [6.45, 7) is 8.92. The van der Waals surface area contributed by atoms with E-state index < -0.39 is 0 Å². The zero-order valence-corrected chi connectivity index (χ0v) is 15.2. The highest BCUT2D eigenvalue weighted by atomic mass is 16.5. The Hall–Kier alpha value is -1.24. The summed E-state index contributed by atoms with van der Waals surface area (Å²) in [7, 11) is 0. The van der Waals surface area contributed by atoms with Crippen LogP contribution in [-0.4, -0.2) is 84.3 Å². The molecule has 1 atom stereocenters. The van der Waals surface area contributed by atoms with Crippen molar-refractivity contribution < 1.29 is 4.74 Å². The Morgan fingerprint density at radius 3 is 2.36 bits per heavy atom. The quantitative estimate of drug-likeness (QED) is 0.826. The zero-order chi connectivity index (χ0) is 16.9. The van der Waals surface area contributed by atoms with Crippen molar-refractivity contribution in [3.63, 3.8) is 0 Å². The molecule has 0 unspecified atom stereocenters. The summed E-state index contributed by atoms with van der Waals surface area (Å²) in [6, 6.07) is 2.63. The Labute approximate surface area is 151 Å². The van der Waals surface area contributed by atoms with Gasteiger partial charge in [-0.05, 0) is 51.3 Å². The molecular weight excluding hydrogens is 314 g/mol. The number of aromatic nitrogens is 2. The fraction of sp³-hybridized carbons (Fsp3) is 0.789. The van der Waals surface area contributed by atoms with Gasteiger partial charge in [-0.3, -0.25) is 4.90 Å². The van der Waals surface area contributed by atoms with Crippen molar-refractivity contribution in [1.82, 2.24) is 19.8 Å². The second kappa shape index (κ2) is 8.43. The first kappa shape index (κ1) is 17.2. The number of piperazine rings is 1. The van der Waals surface area contributed by atoms with Crippen molar-refractivity contribution in [2.45, 2.75) is 44.2 Å². The second-order valence-corrected chi connectivity index (χ2v) is 7.59. The van der Waals surface area contributed by atoms with Crippen LogP contribution in [0.1, 0.15) is 32.1 Å². The number of ether oxygens (including phenoxy) is 1. The Bertz CT molecular complexity index is 506. The summed E-state index contributed by atoms with van der Waals surface area (Å²) in [4.78, 5) is 16.4. The van der Waals surface area contributed by atoms with E-state index in [1.807, 2.05) is 18.5 Å². The van der Waals surface area contributed by atoms with Crippen LogP contribution in [0.3, 0.4) is 0 Å². The molecule has 1 aromatic rings. The molecule has 0 aliphatic carbocycles. The van der Waals surface area contributed by atoms with Crippen molar-refractivity contribution in [3.8, 4) is 0 Å². The molecule has 0 saturated carbocycles. The third-order valence-corrected chi connectivity index (χ3v) is 5.96. The smallest absolute Gasteiger partial charge is 0.225 e. The lowest BCUT2D eigenvalue weighted by Crippen LogP contribution is -2.54. The molecule has 138 valence electrons. The average Bonchev–Trinajstić information content (AvgIpc) is 2.70. The fourth-order valence-corrected chi connectivity index (χ4v) is 4.45. The van der Waals surface area contributed by atoms with E-state index in [9.17, 15) is 0 Å². The van der Waals surface area contributed by atoms with E-state index in [2.05, 4.69) is 24.7 Å². The van der Waals surface area contributed by atoms with Crippen LogP contribution in [0, 0.1) is 0 Å². The Morgan fingerprint density at radius 1 is 0.920 bits per heavy atom. The van der Waals surface area contributed by atoms with Gasteiger partial charge in [-0.1, -0.05) is 0 Å². The molecule has 0 spiro atoms. The molecule has 3 aliphatic rings. The lowest BCUT2D eigenvalue weighted by molar-refractivity contribution is -0.0141. The first-order valence-electron chi connectivity index (χ1n) is 9.98. The van der Waals surface area contributed by atoms with E-state index in [4.69, 9.17) is 4.74 Å². The molecule has 3 saturated heterocycles. The van der Waals surface area contributed by atoms with Crippen LogP contribution < -0.4 is 4.90 Å². The van der Waals surface area contributed by atoms with Gasteiger partial charge in [0.25, 0.3) is 0 Å². The summed E-state index contributed by atoms with van der Waals surface area (Å²) in [5.41, 5.74) is 0. The predicted molar refractivity (Wildman–Crippen MR) is 98.9 cm³/mol. The number of anilines is 1. The minimum absolute atomic E-state index is 0.486. The van der Waals surface area contributed by atoms with E-state index in [1.165, 1.54) is 45.2 Å². The number of likely N-dealkylation sites (tertiary alicyclic amines) is 1. The molecule has 25 heavy (non-hydrogen) atoms. The van der Waals surface area contributed by atoms with E-state index in [1.54, 1.807) is 0 Å². The van der Waals surface area contributed by atoms with Crippen LogP contribution in [0.4, 0.5) is 5.95 Å². The van der Waals surface area contributed by atoms with Crippen LogP contribution in [0.25, 0.3) is 0 Å². The van der Waals surface area contributed by atoms with Crippen LogP contribution in [-0.2, 0) is 4.74 Å². The van der Waals surface area contributed by atoms with Gasteiger partial charge in [-0.15, -0.1) is 0 Å². The monoisotopic (exact) mass is 345 g/mol. The third-order valence-electron chi connectivity index (χ3n) is 5.96. The minimum atomic E-state index is 0.486. The van der Waals surface area contributed by atoms with Crippen molar-refractivity contribution >= 4 is 5.95 Å². The van der Waals surface area contributed by atoms with Crippen molar-refractivity contribution in [2.24, 2.45) is 0 Å². The number of nitrogens with zero attached hydrogens (tertiary/aromatic N) is 5. The fourth-order valence-electron chi connectivity index (χ4n) is 4.45. The number of rotatable bonds is 4. The summed E-state index contributed by atoms with van der Waals surface area (Å²) >= 11 is 0. The van der Waals surface area contributed by atoms with E-state index in [-0.39, 0.29) is 0 Å². The van der Waals surface area contributed by atoms with Crippen LogP contribution in [0.15, 0.2) is 18.5 Å². The van der Waals surface area contributed by atoms with Crippen molar-refractivity contribution in [2.75, 3.05) is 57.3 Å². The normalized spacial score (nSPS) is 27.5. The van der Waals surface area contributed by atoms with Crippen molar-refractivity contribution in [1.29, 1.82) is 0 Å². The van der Waals surface area contributed by atoms with Gasteiger partial charge in [0.05, 0.1) is 6.10 Å². The maximum absolute atomic E-state index is 5.91. The highest BCUT2D eigenvalue weighted by Crippen LogP contribution is 2.21. The Kier molecular flexibility index (Phi) is 5.79. The largest absolute Gasteiger partial charge is 0.377 e. The van der Waals surface area contributed by atoms with E-state index in [0.29, 0.717) is 6.10 Å². The molecular formula is C19H31N5O. The molecule has 0 amide bonds. The number of hydrogen-bond acceptors (Lipinski definition) is 6. The first-order valence-corrected chi connectivity index (χ1v) is 9.98. The van der Waals surface area contributed by atoms with Gasteiger partial charge in [0.2, 0.25) is 5.95 Å². The zero-order valence-electron chi connectivity index (χ0n) is 15.2. The van der Waals surface area contributed by atoms with Crippen LogP contribution in [0.5, 0.6) is 0 Å². The molecule has 1 aromatic heterocycles. The van der Waals surface area contributed by atoms with Gasteiger partial charge >= 0.3 is 0 Å². The van der Waals surface area contributed by atoms with Crippen LogP contribution >= 0.6 is 0 Å². The number of hydrogen-bond donors (Lipinski definition) is 0. The molecule has 6 heteroatoms. The molecule has 0 aromatic carbocycles. The lowest BCUT2D eigenvalue weighted by Gasteiger charge is -2.43. The van der Waals surface area contributed by atoms with E-state index in [0.717, 1.165) is 51.3 Å². The maximum atomic E-state index is 5.91. The lowest BCUT2D eigenvalue weighted by atomic mass is 10.0. The van der Waals surface area contributed by atoms with Gasteiger partial charge in [0.1, 0.15) is 0 Å². The topological polar surface area (TPSA) is 44.7 Å².